The van der Waals surface area contributed by atoms with Crippen molar-refractivity contribution < 1.29 is 23.5 Å². The van der Waals surface area contributed by atoms with Gasteiger partial charge in [0.15, 0.2) is 0 Å². The largest absolute Gasteiger partial charge is 0.392 e. The second-order valence-electron chi connectivity index (χ2n) is 11.6. The molecule has 0 bridgehead atoms. The summed E-state index contributed by atoms with van der Waals surface area (Å²) in [5.74, 6) is -2.36. The van der Waals surface area contributed by atoms with Crippen LogP contribution in [0.15, 0.2) is 36.4 Å². The fraction of sp³-hybridized carbons (Fsp3) is 0.464. The third-order valence-electron chi connectivity index (χ3n) is 8.09. The quantitative estimate of drug-likeness (QED) is 0.290. The van der Waals surface area contributed by atoms with Crippen LogP contribution in [0.1, 0.15) is 53.7 Å². The first-order chi connectivity index (χ1) is 20.4. The average molecular weight is 579 g/mol. The number of nitrogens with one attached hydrogen (secondary N) is 2. The smallest absolute Gasteiger partial charge is 0.253 e. The summed E-state index contributed by atoms with van der Waals surface area (Å²) in [4.78, 5) is 40.3. The van der Waals surface area contributed by atoms with Crippen LogP contribution in [0, 0.1) is 5.82 Å². The molecule has 2 aromatic carbocycles. The lowest BCUT2D eigenvalue weighted by molar-refractivity contribution is -0.128. The van der Waals surface area contributed by atoms with E-state index in [1.165, 1.54) is 37.4 Å². The van der Waals surface area contributed by atoms with Crippen molar-refractivity contribution in [2.24, 2.45) is 0 Å². The molecule has 1 saturated heterocycles. The minimum Gasteiger partial charge on any atom is -0.392 e. The summed E-state index contributed by atoms with van der Waals surface area (Å²) in [6.45, 7) is 4.67. The zero-order valence-electron chi connectivity index (χ0n) is 25.0. The molecule has 0 aliphatic carbocycles. The molecule has 4 rings (SSSR count). The molecule has 2 N–H and O–H groups in total. The lowest BCUT2D eigenvalue weighted by atomic mass is 9.53. The van der Waals surface area contributed by atoms with Crippen LogP contribution < -0.4 is 10.6 Å². The number of rotatable bonds is 10. The Kier molecular flexibility index (Phi) is 9.41. The van der Waals surface area contributed by atoms with Gasteiger partial charge in [0, 0.05) is 37.8 Å². The maximum atomic E-state index is 15.7. The van der Waals surface area contributed by atoms with Crippen LogP contribution in [0.3, 0.4) is 0 Å². The zero-order valence-corrected chi connectivity index (χ0v) is 25.0. The van der Waals surface area contributed by atoms with Crippen molar-refractivity contribution in [2.45, 2.75) is 60.3 Å². The summed E-state index contributed by atoms with van der Waals surface area (Å²) in [5.41, 5.74) is -1.89. The Hall–Kier alpha value is -2.85. The molecule has 16 heteroatoms. The highest BCUT2D eigenvalue weighted by Gasteiger charge is 2.53. The fourth-order valence-electron chi connectivity index (χ4n) is 6.05. The van der Waals surface area contributed by atoms with E-state index in [-0.39, 0.29) is 53.0 Å². The number of hydrogen-bond donors (Lipinski definition) is 2. The molecule has 2 aromatic rings. The van der Waals surface area contributed by atoms with Crippen LogP contribution in [0.2, 0.25) is 0 Å². The van der Waals surface area contributed by atoms with Crippen molar-refractivity contribution in [3.63, 3.8) is 0 Å². The van der Waals surface area contributed by atoms with Gasteiger partial charge in [-0.15, -0.1) is 0 Å². The number of halogens is 1. The van der Waals surface area contributed by atoms with Gasteiger partial charge in [0.1, 0.15) is 19.9 Å². The predicted molar refractivity (Wildman–Crippen MR) is 172 cm³/mol. The summed E-state index contributed by atoms with van der Waals surface area (Å²) >= 11 is 0. The van der Waals surface area contributed by atoms with Crippen LogP contribution in [0.5, 0.6) is 0 Å². The molecule has 8 nitrogen and oxygen atoms in total. The molecule has 0 spiro atoms. The highest BCUT2D eigenvalue weighted by Crippen LogP contribution is 2.45. The number of amides is 2. The number of benzene rings is 2. The highest BCUT2D eigenvalue weighted by atomic mass is 19.1. The third-order valence-corrected chi connectivity index (χ3v) is 8.09. The van der Waals surface area contributed by atoms with E-state index >= 15 is 4.39 Å². The van der Waals surface area contributed by atoms with Crippen molar-refractivity contribution in [1.82, 2.24) is 15.1 Å². The molecule has 44 heavy (non-hydrogen) atoms. The van der Waals surface area contributed by atoms with Gasteiger partial charge in [0.2, 0.25) is 5.91 Å². The lowest BCUT2D eigenvalue weighted by Gasteiger charge is -2.47. The van der Waals surface area contributed by atoms with E-state index in [0.717, 1.165) is 11.0 Å². The lowest BCUT2D eigenvalue weighted by Crippen LogP contribution is -2.65. The second kappa shape index (κ2) is 12.2. The number of carbonyl (C=O) groups is 3. The average Bonchev–Trinajstić information content (AvgIpc) is 3.15. The zero-order chi connectivity index (χ0) is 32.8. The number of fused-ring (bicyclic) bond motifs is 1. The molecule has 2 amide bonds. The van der Waals surface area contributed by atoms with E-state index < -0.39 is 39.1 Å². The van der Waals surface area contributed by atoms with Gasteiger partial charge in [0.05, 0.1) is 64.7 Å². The number of ether oxygens (including phenoxy) is 1. The maximum Gasteiger partial charge on any atom is 0.253 e. The third kappa shape index (κ3) is 5.92. The molecule has 2 aliphatic heterocycles. The van der Waals surface area contributed by atoms with Crippen molar-refractivity contribution in [1.29, 1.82) is 0 Å². The summed E-state index contributed by atoms with van der Waals surface area (Å²) in [7, 11) is 46.6. The van der Waals surface area contributed by atoms with Gasteiger partial charge in [-0.25, -0.2) is 4.39 Å². The standard InChI is InChI=1S/C28H28B7FN4O4/c1-15-13-39(14-16(2)44-15)27(32,33)17-8-9-19(20(36)12-17)26(30,31)38-21-7-4-6-18-22(21)28(34,35)40(23(18)42)25(29,10-5-11-41)24(43)37-3/h4,6-9,11-12,15-16,38H,5,10,13-14H2,1-3H3,(H,37,43). The van der Waals surface area contributed by atoms with E-state index in [4.69, 9.17) is 59.7 Å². The van der Waals surface area contributed by atoms with Crippen molar-refractivity contribution in [2.75, 3.05) is 25.5 Å². The Morgan fingerprint density at radius 2 is 1.75 bits per heavy atom. The summed E-state index contributed by atoms with van der Waals surface area (Å²) in [5, 5.41) is -0.546. The number of aldehydes is 1. The number of nitrogens with zero attached hydrogens (tertiary/aromatic N) is 2. The molecule has 2 aliphatic rings. The van der Waals surface area contributed by atoms with Crippen molar-refractivity contribution in [3.8, 4) is 0 Å². The second-order valence-corrected chi connectivity index (χ2v) is 11.6. The Morgan fingerprint density at radius 3 is 2.32 bits per heavy atom. The molecular weight excluding hydrogens is 551 g/mol. The van der Waals surface area contributed by atoms with Gasteiger partial charge in [-0.1, -0.05) is 18.2 Å². The number of hydrogen-bond acceptors (Lipinski definition) is 6. The molecule has 212 valence electrons. The summed E-state index contributed by atoms with van der Waals surface area (Å²) in [6, 6.07) is 8.45. The first-order valence-electron chi connectivity index (χ1n) is 14.1. The van der Waals surface area contributed by atoms with Crippen LogP contribution >= 0.6 is 0 Å². The molecule has 0 aromatic heterocycles. The molecule has 3 unspecified atom stereocenters. The number of morpholine rings is 1. The fourth-order valence-corrected chi connectivity index (χ4v) is 6.05. The molecule has 1 fully saturated rings. The van der Waals surface area contributed by atoms with Crippen LogP contribution in [0.25, 0.3) is 0 Å². The SMILES string of the molecule is [B]C([B])(Nc1cccc2c1C([B])([B])N(C([B])(CCC=O)C(=O)NC)C2=O)c1ccc(C([B])([B])N2CC(C)OC(C)C2)cc1F. The molecule has 0 saturated carbocycles. The van der Waals surface area contributed by atoms with Gasteiger partial charge in [0.25, 0.3) is 5.91 Å². The Bertz CT molecular complexity index is 1450. The van der Waals surface area contributed by atoms with Gasteiger partial charge < -0.3 is 30.0 Å². The minimum absolute atomic E-state index is 0.00136. The van der Waals surface area contributed by atoms with Gasteiger partial charge in [-0.05, 0) is 71.2 Å². The summed E-state index contributed by atoms with van der Waals surface area (Å²) in [6.07, 6.45) is -0.129. The topological polar surface area (TPSA) is 91.0 Å². The summed E-state index contributed by atoms with van der Waals surface area (Å²) < 4.78 is 21.5. The Labute approximate surface area is 267 Å². The number of likely N-dealkylation sites (N-methyl/N-ethyl adjacent to an activating group) is 1. The molecule has 2 heterocycles. The van der Waals surface area contributed by atoms with Gasteiger partial charge >= 0.3 is 0 Å². The normalized spacial score (nSPS) is 21.7. The van der Waals surface area contributed by atoms with Crippen LogP contribution in [0.4, 0.5) is 10.1 Å². The number of anilines is 1. The number of carbonyl (C=O) groups excluding carboxylic acids is 3. The van der Waals surface area contributed by atoms with Crippen molar-refractivity contribution in [3.05, 3.63) is 64.5 Å². The maximum absolute atomic E-state index is 15.7. The van der Waals surface area contributed by atoms with E-state index in [0.29, 0.717) is 19.4 Å². The van der Waals surface area contributed by atoms with E-state index in [9.17, 15) is 14.4 Å². The van der Waals surface area contributed by atoms with E-state index in [2.05, 4.69) is 10.6 Å². The molecule has 14 radical (unpaired) electrons. The first-order valence-corrected chi connectivity index (χ1v) is 14.1. The van der Waals surface area contributed by atoms with E-state index in [1.807, 2.05) is 13.8 Å². The van der Waals surface area contributed by atoms with Gasteiger partial charge in [-0.3, -0.25) is 9.59 Å². The Morgan fingerprint density at radius 1 is 1.11 bits per heavy atom. The molecule has 3 atom stereocenters. The van der Waals surface area contributed by atoms with Gasteiger partial charge in [-0.2, -0.15) is 0 Å². The van der Waals surface area contributed by atoms with Crippen LogP contribution in [-0.2, 0) is 30.3 Å². The monoisotopic (exact) mass is 580 g/mol. The predicted octanol–water partition coefficient (Wildman–Crippen LogP) is -0.565. The minimum atomic E-state index is -2.18. The highest BCUT2D eigenvalue weighted by molar-refractivity contribution is 6.46. The first kappa shape index (κ1) is 34.0. The molecular formula is C28H28B7FN4O4. The van der Waals surface area contributed by atoms with Crippen LogP contribution in [-0.4, -0.2) is 121 Å². The Balaban J connectivity index is 1.69. The van der Waals surface area contributed by atoms with Crippen molar-refractivity contribution >= 4 is 78.7 Å². The van der Waals surface area contributed by atoms with E-state index in [1.54, 1.807) is 4.90 Å².